The van der Waals surface area contributed by atoms with Crippen LogP contribution in [0.5, 0.6) is 0 Å². The number of nitrogens with two attached hydrogens (primary N) is 1. The lowest BCUT2D eigenvalue weighted by atomic mass is 10.0. The normalized spacial score (nSPS) is 9.54. The SMILES string of the molecule is CCCCc1ccc(N)c(C#N)c1. The molecular weight excluding hydrogens is 160 g/mol. The molecule has 0 radical (unpaired) electrons. The van der Waals surface area contributed by atoms with Crippen molar-refractivity contribution in [2.75, 3.05) is 5.73 Å². The third kappa shape index (κ3) is 2.48. The Kier molecular flexibility index (Phi) is 3.33. The van der Waals surface area contributed by atoms with E-state index in [0.717, 1.165) is 12.8 Å². The van der Waals surface area contributed by atoms with Crippen LogP contribution in [0.3, 0.4) is 0 Å². The van der Waals surface area contributed by atoms with Crippen molar-refractivity contribution in [3.05, 3.63) is 29.3 Å². The fourth-order valence-corrected chi connectivity index (χ4v) is 1.24. The zero-order chi connectivity index (χ0) is 9.68. The standard InChI is InChI=1S/C11H14N2/c1-2-3-4-9-5-6-11(13)10(7-9)8-12/h5-7H,2-4,13H2,1H3. The second-order valence-corrected chi connectivity index (χ2v) is 3.14. The fraction of sp³-hybridized carbons (Fsp3) is 0.364. The van der Waals surface area contributed by atoms with Crippen molar-refractivity contribution in [3.63, 3.8) is 0 Å². The van der Waals surface area contributed by atoms with E-state index in [1.165, 1.54) is 12.0 Å². The van der Waals surface area contributed by atoms with Crippen LogP contribution < -0.4 is 5.73 Å². The highest BCUT2D eigenvalue weighted by molar-refractivity contribution is 5.55. The Balaban J connectivity index is 2.82. The molecule has 0 aromatic heterocycles. The molecule has 0 aliphatic heterocycles. The van der Waals surface area contributed by atoms with E-state index < -0.39 is 0 Å². The molecule has 2 nitrogen and oxygen atoms in total. The van der Waals surface area contributed by atoms with Gasteiger partial charge in [0.15, 0.2) is 0 Å². The van der Waals surface area contributed by atoms with Gasteiger partial charge in [-0.25, -0.2) is 0 Å². The first-order chi connectivity index (χ1) is 6.27. The summed E-state index contributed by atoms with van der Waals surface area (Å²) in [4.78, 5) is 0. The second-order valence-electron chi connectivity index (χ2n) is 3.14. The van der Waals surface area contributed by atoms with E-state index in [0.29, 0.717) is 11.3 Å². The van der Waals surface area contributed by atoms with Gasteiger partial charge in [-0.2, -0.15) is 5.26 Å². The first kappa shape index (κ1) is 9.60. The Morgan fingerprint density at radius 3 is 2.85 bits per heavy atom. The van der Waals surface area contributed by atoms with Crippen LogP contribution >= 0.6 is 0 Å². The Bertz CT molecular complexity index is 323. The van der Waals surface area contributed by atoms with Crippen LogP contribution in [0.2, 0.25) is 0 Å². The summed E-state index contributed by atoms with van der Waals surface area (Å²) in [6.07, 6.45) is 3.37. The number of nitrogens with zero attached hydrogens (tertiary/aromatic N) is 1. The van der Waals surface area contributed by atoms with E-state index in [9.17, 15) is 0 Å². The minimum atomic E-state index is 0.572. The van der Waals surface area contributed by atoms with E-state index in [1.807, 2.05) is 18.2 Å². The van der Waals surface area contributed by atoms with Gasteiger partial charge in [0.2, 0.25) is 0 Å². The smallest absolute Gasteiger partial charge is 0.101 e. The first-order valence-electron chi connectivity index (χ1n) is 4.56. The summed E-state index contributed by atoms with van der Waals surface area (Å²) in [5.74, 6) is 0. The Hall–Kier alpha value is -1.49. The van der Waals surface area contributed by atoms with Crippen LogP contribution in [0.4, 0.5) is 5.69 Å². The van der Waals surface area contributed by atoms with Crippen LogP contribution in [0.25, 0.3) is 0 Å². The molecule has 0 heterocycles. The maximum Gasteiger partial charge on any atom is 0.101 e. The molecule has 13 heavy (non-hydrogen) atoms. The molecule has 1 aromatic rings. The molecule has 0 bridgehead atoms. The Labute approximate surface area is 79.0 Å². The summed E-state index contributed by atoms with van der Waals surface area (Å²) in [6.45, 7) is 2.16. The topological polar surface area (TPSA) is 49.8 Å². The molecule has 0 spiro atoms. The molecule has 68 valence electrons. The molecule has 0 amide bonds. The van der Waals surface area contributed by atoms with Gasteiger partial charge in [-0.3, -0.25) is 0 Å². The lowest BCUT2D eigenvalue weighted by Gasteiger charge is -2.02. The lowest BCUT2D eigenvalue weighted by Crippen LogP contribution is -1.92. The van der Waals surface area contributed by atoms with E-state index in [4.69, 9.17) is 11.0 Å². The third-order valence-electron chi connectivity index (χ3n) is 2.06. The highest BCUT2D eigenvalue weighted by Gasteiger charge is 1.99. The molecule has 1 rings (SSSR count). The minimum Gasteiger partial charge on any atom is -0.398 e. The number of benzene rings is 1. The summed E-state index contributed by atoms with van der Waals surface area (Å²) in [5.41, 5.74) is 7.97. The van der Waals surface area contributed by atoms with Gasteiger partial charge in [-0.1, -0.05) is 19.4 Å². The van der Waals surface area contributed by atoms with Gasteiger partial charge in [-0.15, -0.1) is 0 Å². The van der Waals surface area contributed by atoms with Gasteiger partial charge < -0.3 is 5.73 Å². The van der Waals surface area contributed by atoms with Crippen molar-refractivity contribution >= 4 is 5.69 Å². The van der Waals surface area contributed by atoms with Crippen LogP contribution in [0.15, 0.2) is 18.2 Å². The number of nitriles is 1. The van der Waals surface area contributed by atoms with Crippen molar-refractivity contribution in [3.8, 4) is 6.07 Å². The Morgan fingerprint density at radius 2 is 2.23 bits per heavy atom. The Morgan fingerprint density at radius 1 is 1.46 bits per heavy atom. The van der Waals surface area contributed by atoms with E-state index in [1.54, 1.807) is 0 Å². The van der Waals surface area contributed by atoms with Crippen molar-refractivity contribution in [1.82, 2.24) is 0 Å². The highest BCUT2D eigenvalue weighted by atomic mass is 14.6. The quantitative estimate of drug-likeness (QED) is 0.716. The largest absolute Gasteiger partial charge is 0.398 e. The highest BCUT2D eigenvalue weighted by Crippen LogP contribution is 2.14. The van der Waals surface area contributed by atoms with Gasteiger partial charge in [0.1, 0.15) is 6.07 Å². The average Bonchev–Trinajstić information content (AvgIpc) is 2.16. The van der Waals surface area contributed by atoms with Crippen LogP contribution in [0.1, 0.15) is 30.9 Å². The number of rotatable bonds is 3. The molecule has 0 atom stereocenters. The maximum absolute atomic E-state index is 8.74. The number of nitrogen functional groups attached to an aromatic ring is 1. The van der Waals surface area contributed by atoms with Crippen molar-refractivity contribution in [1.29, 1.82) is 5.26 Å². The molecule has 0 aliphatic rings. The zero-order valence-corrected chi connectivity index (χ0v) is 7.88. The van der Waals surface area contributed by atoms with E-state index in [2.05, 4.69) is 13.0 Å². The van der Waals surface area contributed by atoms with Crippen LogP contribution in [-0.4, -0.2) is 0 Å². The summed E-state index contributed by atoms with van der Waals surface area (Å²) < 4.78 is 0. The zero-order valence-electron chi connectivity index (χ0n) is 7.88. The van der Waals surface area contributed by atoms with Crippen LogP contribution in [-0.2, 0) is 6.42 Å². The molecular formula is C11H14N2. The molecule has 2 heteroatoms. The summed E-state index contributed by atoms with van der Waals surface area (Å²) in [6, 6.07) is 7.77. The summed E-state index contributed by atoms with van der Waals surface area (Å²) in [7, 11) is 0. The fourth-order valence-electron chi connectivity index (χ4n) is 1.24. The van der Waals surface area contributed by atoms with Crippen LogP contribution in [0, 0.1) is 11.3 Å². The van der Waals surface area contributed by atoms with Gasteiger partial charge in [-0.05, 0) is 30.5 Å². The summed E-state index contributed by atoms with van der Waals surface area (Å²) >= 11 is 0. The van der Waals surface area contributed by atoms with Gasteiger partial charge in [0.05, 0.1) is 5.56 Å². The molecule has 1 aromatic carbocycles. The number of hydrogen-bond donors (Lipinski definition) is 1. The lowest BCUT2D eigenvalue weighted by molar-refractivity contribution is 0.795. The number of unbranched alkanes of at least 4 members (excludes halogenated alkanes) is 1. The minimum absolute atomic E-state index is 0.572. The molecule has 2 N–H and O–H groups in total. The second kappa shape index (κ2) is 4.51. The number of anilines is 1. The van der Waals surface area contributed by atoms with E-state index >= 15 is 0 Å². The number of aryl methyl sites for hydroxylation is 1. The molecule has 0 saturated heterocycles. The van der Waals surface area contributed by atoms with Crippen molar-refractivity contribution in [2.45, 2.75) is 26.2 Å². The van der Waals surface area contributed by atoms with Gasteiger partial charge in [0.25, 0.3) is 0 Å². The van der Waals surface area contributed by atoms with Gasteiger partial charge in [0, 0.05) is 5.69 Å². The summed E-state index contributed by atoms with van der Waals surface area (Å²) in [5, 5.41) is 8.74. The molecule has 0 fully saturated rings. The molecule has 0 unspecified atom stereocenters. The first-order valence-corrected chi connectivity index (χ1v) is 4.56. The predicted molar refractivity (Wildman–Crippen MR) is 54.2 cm³/mol. The van der Waals surface area contributed by atoms with E-state index in [-0.39, 0.29) is 0 Å². The average molecular weight is 174 g/mol. The van der Waals surface area contributed by atoms with Crippen molar-refractivity contribution in [2.24, 2.45) is 0 Å². The third-order valence-corrected chi connectivity index (χ3v) is 2.06. The van der Waals surface area contributed by atoms with Gasteiger partial charge >= 0.3 is 0 Å². The molecule has 0 aliphatic carbocycles. The monoisotopic (exact) mass is 174 g/mol. The maximum atomic E-state index is 8.74. The number of hydrogen-bond acceptors (Lipinski definition) is 2. The molecule has 0 saturated carbocycles. The van der Waals surface area contributed by atoms with Crippen molar-refractivity contribution < 1.29 is 0 Å². The predicted octanol–water partition coefficient (Wildman–Crippen LogP) is 2.48.